The molecule has 1 aromatic carbocycles. The Morgan fingerprint density at radius 1 is 1.25 bits per heavy atom. The lowest BCUT2D eigenvalue weighted by molar-refractivity contribution is 0.415. The first-order valence-corrected chi connectivity index (χ1v) is 7.72. The number of nitrogens with one attached hydrogen (secondary N) is 1. The Hall–Kier alpha value is -1.48. The van der Waals surface area contributed by atoms with Gasteiger partial charge in [0, 0.05) is 16.6 Å². The molecule has 0 unspecified atom stereocenters. The highest BCUT2D eigenvalue weighted by atomic mass is 16.5. The molecule has 0 atom stereocenters. The number of ether oxygens (including phenoxy) is 1. The average Bonchev–Trinajstić information content (AvgIpc) is 2.86. The summed E-state index contributed by atoms with van der Waals surface area (Å²) in [4.78, 5) is 3.66. The molecule has 3 N–H and O–H groups in total. The van der Waals surface area contributed by atoms with E-state index in [1.807, 2.05) is 6.07 Å². The molecule has 3 heteroatoms. The number of hydrogen-bond donors (Lipinski definition) is 2. The number of aromatic nitrogens is 1. The van der Waals surface area contributed by atoms with E-state index < -0.39 is 0 Å². The second kappa shape index (κ2) is 5.88. The molecule has 1 heterocycles. The third-order valence-corrected chi connectivity index (χ3v) is 4.55. The lowest BCUT2D eigenvalue weighted by atomic mass is 9.85. The molecule has 1 aliphatic rings. The summed E-state index contributed by atoms with van der Waals surface area (Å²) in [7, 11) is 1.72. The summed E-state index contributed by atoms with van der Waals surface area (Å²) in [5, 5.41) is 1.29. The molecule has 0 radical (unpaired) electrons. The van der Waals surface area contributed by atoms with Crippen LogP contribution in [-0.2, 0) is 6.42 Å². The number of nitrogens with two attached hydrogens (primary N) is 1. The SMILES string of the molecule is COc1ccc2[nH]c(C3CCCCC3)c(CCN)c2c1. The summed E-state index contributed by atoms with van der Waals surface area (Å²) in [6, 6.07) is 6.29. The second-order valence-electron chi connectivity index (χ2n) is 5.80. The molecule has 1 aromatic heterocycles. The van der Waals surface area contributed by atoms with Crippen LogP contribution < -0.4 is 10.5 Å². The lowest BCUT2D eigenvalue weighted by Crippen LogP contribution is -2.10. The van der Waals surface area contributed by atoms with Crippen molar-refractivity contribution in [1.29, 1.82) is 0 Å². The van der Waals surface area contributed by atoms with E-state index in [4.69, 9.17) is 10.5 Å². The van der Waals surface area contributed by atoms with Crippen molar-refractivity contribution < 1.29 is 4.74 Å². The summed E-state index contributed by atoms with van der Waals surface area (Å²) in [5.74, 6) is 1.61. The molecule has 0 bridgehead atoms. The van der Waals surface area contributed by atoms with E-state index in [0.29, 0.717) is 12.5 Å². The maximum Gasteiger partial charge on any atom is 0.119 e. The maximum absolute atomic E-state index is 5.83. The van der Waals surface area contributed by atoms with Crippen molar-refractivity contribution in [2.75, 3.05) is 13.7 Å². The van der Waals surface area contributed by atoms with Crippen molar-refractivity contribution in [2.24, 2.45) is 5.73 Å². The molecule has 3 rings (SSSR count). The average molecular weight is 272 g/mol. The molecule has 0 aliphatic heterocycles. The summed E-state index contributed by atoms with van der Waals surface area (Å²) in [6.07, 6.45) is 7.65. The molecule has 3 nitrogen and oxygen atoms in total. The fourth-order valence-electron chi connectivity index (χ4n) is 3.53. The van der Waals surface area contributed by atoms with E-state index in [9.17, 15) is 0 Å². The van der Waals surface area contributed by atoms with Gasteiger partial charge in [-0.1, -0.05) is 19.3 Å². The fraction of sp³-hybridized carbons (Fsp3) is 0.529. The molecule has 1 saturated carbocycles. The smallest absolute Gasteiger partial charge is 0.119 e. The first-order chi connectivity index (χ1) is 9.83. The summed E-state index contributed by atoms with van der Waals surface area (Å²) >= 11 is 0. The van der Waals surface area contributed by atoms with Gasteiger partial charge in [0.2, 0.25) is 0 Å². The first-order valence-electron chi connectivity index (χ1n) is 7.72. The molecular formula is C17H24N2O. The van der Waals surface area contributed by atoms with Crippen molar-refractivity contribution in [3.63, 3.8) is 0 Å². The topological polar surface area (TPSA) is 51.0 Å². The number of hydrogen-bond acceptors (Lipinski definition) is 2. The Morgan fingerprint density at radius 3 is 2.75 bits per heavy atom. The Morgan fingerprint density at radius 2 is 2.05 bits per heavy atom. The molecule has 0 saturated heterocycles. The minimum absolute atomic E-state index is 0.684. The van der Waals surface area contributed by atoms with E-state index >= 15 is 0 Å². The molecular weight excluding hydrogens is 248 g/mol. The van der Waals surface area contributed by atoms with Crippen LogP contribution in [0, 0.1) is 0 Å². The Balaban J connectivity index is 2.07. The summed E-state index contributed by atoms with van der Waals surface area (Å²) in [5.41, 5.74) is 9.89. The zero-order valence-corrected chi connectivity index (χ0v) is 12.2. The van der Waals surface area contributed by atoms with E-state index in [0.717, 1.165) is 12.2 Å². The van der Waals surface area contributed by atoms with Gasteiger partial charge in [0.15, 0.2) is 0 Å². The first kappa shape index (κ1) is 13.5. The molecule has 1 aliphatic carbocycles. The normalized spacial score (nSPS) is 16.7. The monoisotopic (exact) mass is 272 g/mol. The predicted molar refractivity (Wildman–Crippen MR) is 83.4 cm³/mol. The fourth-order valence-corrected chi connectivity index (χ4v) is 3.53. The number of fused-ring (bicyclic) bond motifs is 1. The second-order valence-corrected chi connectivity index (χ2v) is 5.80. The minimum atomic E-state index is 0.684. The van der Waals surface area contributed by atoms with Crippen LogP contribution in [0.25, 0.3) is 10.9 Å². The van der Waals surface area contributed by atoms with E-state index in [1.54, 1.807) is 7.11 Å². The highest BCUT2D eigenvalue weighted by Gasteiger charge is 2.21. The van der Waals surface area contributed by atoms with Crippen LogP contribution >= 0.6 is 0 Å². The van der Waals surface area contributed by atoms with Crippen LogP contribution in [0.3, 0.4) is 0 Å². The van der Waals surface area contributed by atoms with Crippen LogP contribution in [-0.4, -0.2) is 18.6 Å². The molecule has 20 heavy (non-hydrogen) atoms. The van der Waals surface area contributed by atoms with Crippen molar-refractivity contribution in [2.45, 2.75) is 44.4 Å². The van der Waals surface area contributed by atoms with Crippen LogP contribution in [0.5, 0.6) is 5.75 Å². The van der Waals surface area contributed by atoms with Gasteiger partial charge >= 0.3 is 0 Å². The van der Waals surface area contributed by atoms with Gasteiger partial charge in [-0.15, -0.1) is 0 Å². The van der Waals surface area contributed by atoms with Crippen molar-refractivity contribution >= 4 is 10.9 Å². The van der Waals surface area contributed by atoms with E-state index in [1.165, 1.54) is 54.3 Å². The zero-order chi connectivity index (χ0) is 13.9. The van der Waals surface area contributed by atoms with Crippen molar-refractivity contribution in [3.05, 3.63) is 29.5 Å². The third-order valence-electron chi connectivity index (χ3n) is 4.55. The number of aromatic amines is 1. The standard InChI is InChI=1S/C17H24N2O/c1-20-13-7-8-16-15(11-13)14(9-10-18)17(19-16)12-5-3-2-4-6-12/h7-8,11-12,19H,2-6,9-10,18H2,1H3. The maximum atomic E-state index is 5.83. The Labute approximate surface area is 120 Å². The molecule has 108 valence electrons. The highest BCUT2D eigenvalue weighted by molar-refractivity contribution is 5.86. The largest absolute Gasteiger partial charge is 0.497 e. The van der Waals surface area contributed by atoms with Crippen LogP contribution in [0.15, 0.2) is 18.2 Å². The van der Waals surface area contributed by atoms with Gasteiger partial charge in [0.1, 0.15) is 5.75 Å². The van der Waals surface area contributed by atoms with Gasteiger partial charge in [0.25, 0.3) is 0 Å². The zero-order valence-electron chi connectivity index (χ0n) is 12.2. The summed E-state index contributed by atoms with van der Waals surface area (Å²) < 4.78 is 5.37. The minimum Gasteiger partial charge on any atom is -0.497 e. The van der Waals surface area contributed by atoms with Crippen molar-refractivity contribution in [1.82, 2.24) is 4.98 Å². The third kappa shape index (κ3) is 2.42. The van der Waals surface area contributed by atoms with Crippen LogP contribution in [0.1, 0.15) is 49.3 Å². The van der Waals surface area contributed by atoms with Gasteiger partial charge in [-0.3, -0.25) is 0 Å². The molecule has 2 aromatic rings. The summed E-state index contributed by atoms with van der Waals surface area (Å²) in [6.45, 7) is 0.698. The molecule has 0 amide bonds. The quantitative estimate of drug-likeness (QED) is 0.891. The van der Waals surface area contributed by atoms with Crippen LogP contribution in [0.4, 0.5) is 0 Å². The van der Waals surface area contributed by atoms with E-state index in [-0.39, 0.29) is 0 Å². The van der Waals surface area contributed by atoms with Crippen molar-refractivity contribution in [3.8, 4) is 5.75 Å². The lowest BCUT2D eigenvalue weighted by Gasteiger charge is -2.22. The van der Waals surface area contributed by atoms with Gasteiger partial charge < -0.3 is 15.5 Å². The Bertz CT molecular complexity index is 582. The number of rotatable bonds is 4. The number of benzene rings is 1. The Kier molecular flexibility index (Phi) is 3.97. The molecule has 0 spiro atoms. The van der Waals surface area contributed by atoms with Gasteiger partial charge in [0.05, 0.1) is 7.11 Å². The number of methoxy groups -OCH3 is 1. The van der Waals surface area contributed by atoms with Gasteiger partial charge in [-0.2, -0.15) is 0 Å². The molecule has 1 fully saturated rings. The van der Waals surface area contributed by atoms with Crippen LogP contribution in [0.2, 0.25) is 0 Å². The number of H-pyrrole nitrogens is 1. The van der Waals surface area contributed by atoms with Gasteiger partial charge in [-0.25, -0.2) is 0 Å². The highest BCUT2D eigenvalue weighted by Crippen LogP contribution is 2.37. The van der Waals surface area contributed by atoms with E-state index in [2.05, 4.69) is 17.1 Å². The van der Waals surface area contributed by atoms with Gasteiger partial charge in [-0.05, 0) is 55.5 Å². The predicted octanol–water partition coefficient (Wildman–Crippen LogP) is 3.73.